The van der Waals surface area contributed by atoms with Crippen molar-refractivity contribution >= 4 is 11.6 Å². The van der Waals surface area contributed by atoms with Crippen LogP contribution in [-0.4, -0.2) is 18.6 Å². The predicted molar refractivity (Wildman–Crippen MR) is 87.2 cm³/mol. The van der Waals surface area contributed by atoms with Crippen molar-refractivity contribution in [3.63, 3.8) is 0 Å². The lowest BCUT2D eigenvalue weighted by molar-refractivity contribution is -0.126. The van der Waals surface area contributed by atoms with Crippen LogP contribution in [0.3, 0.4) is 0 Å². The molecule has 6 nitrogen and oxygen atoms in total. The molecule has 2 unspecified atom stereocenters. The molecule has 2 aromatic rings. The van der Waals surface area contributed by atoms with E-state index in [0.717, 1.165) is 17.0 Å². The first kappa shape index (κ1) is 14.9. The van der Waals surface area contributed by atoms with Gasteiger partial charge in [-0.3, -0.25) is 4.79 Å². The van der Waals surface area contributed by atoms with E-state index in [-0.39, 0.29) is 11.9 Å². The number of carbonyl (C=O) groups excluding carboxylic acids is 1. The summed E-state index contributed by atoms with van der Waals surface area (Å²) in [6.07, 6.45) is 0. The van der Waals surface area contributed by atoms with Crippen LogP contribution in [0.5, 0.6) is 5.75 Å². The number of nitrogens with zero attached hydrogens (tertiary/aromatic N) is 4. The second-order valence-electron chi connectivity index (χ2n) is 5.14. The molecule has 116 valence electrons. The van der Waals surface area contributed by atoms with Crippen molar-refractivity contribution in [3.8, 4) is 5.75 Å². The maximum Gasteiger partial charge on any atom is 0.239 e. The molecule has 1 saturated heterocycles. The molecular formula is C17H16N4O2. The van der Waals surface area contributed by atoms with Gasteiger partial charge in [0.1, 0.15) is 11.8 Å². The van der Waals surface area contributed by atoms with Gasteiger partial charge in [0.15, 0.2) is 0 Å². The molecule has 6 heteroatoms. The Hall–Kier alpha value is -2.98. The summed E-state index contributed by atoms with van der Waals surface area (Å²) in [5, 5.41) is 3.66. The van der Waals surface area contributed by atoms with E-state index in [1.807, 2.05) is 61.5 Å². The normalized spacial score (nSPS) is 19.7. The molecule has 0 bridgehead atoms. The van der Waals surface area contributed by atoms with Gasteiger partial charge in [-0.1, -0.05) is 35.4 Å². The Morgan fingerprint density at radius 1 is 1.17 bits per heavy atom. The zero-order valence-corrected chi connectivity index (χ0v) is 12.7. The second kappa shape index (κ2) is 6.42. The van der Waals surface area contributed by atoms with Crippen molar-refractivity contribution in [2.45, 2.75) is 19.0 Å². The van der Waals surface area contributed by atoms with Crippen LogP contribution >= 0.6 is 0 Å². The monoisotopic (exact) mass is 308 g/mol. The van der Waals surface area contributed by atoms with Crippen molar-refractivity contribution in [1.29, 1.82) is 0 Å². The van der Waals surface area contributed by atoms with Crippen LogP contribution in [0.15, 0.2) is 59.7 Å². The number of β-lactam (4-membered cyclic amide) rings is 1. The molecule has 0 radical (unpaired) electrons. The summed E-state index contributed by atoms with van der Waals surface area (Å²) in [6, 6.07) is 15.9. The van der Waals surface area contributed by atoms with Crippen LogP contribution in [0, 0.1) is 0 Å². The number of anilines is 1. The number of hydrogen-bond donors (Lipinski definition) is 0. The lowest BCUT2D eigenvalue weighted by atomic mass is 9.88. The molecule has 1 fully saturated rings. The highest BCUT2D eigenvalue weighted by atomic mass is 16.5. The summed E-state index contributed by atoms with van der Waals surface area (Å²) in [5.74, 6) is 0.563. The zero-order valence-electron chi connectivity index (χ0n) is 12.7. The molecule has 1 aliphatic heterocycles. The highest BCUT2D eigenvalue weighted by Gasteiger charge is 2.48. The van der Waals surface area contributed by atoms with Crippen molar-refractivity contribution in [3.05, 3.63) is 70.6 Å². The van der Waals surface area contributed by atoms with E-state index in [2.05, 4.69) is 10.0 Å². The fraction of sp³-hybridized carbons (Fsp3) is 0.235. The molecule has 0 aromatic heterocycles. The Balaban J connectivity index is 1.93. The van der Waals surface area contributed by atoms with E-state index in [0.29, 0.717) is 6.61 Å². The van der Waals surface area contributed by atoms with Crippen molar-refractivity contribution in [2.24, 2.45) is 5.11 Å². The lowest BCUT2D eigenvalue weighted by Crippen LogP contribution is -2.58. The van der Waals surface area contributed by atoms with Crippen LogP contribution in [0.2, 0.25) is 0 Å². The number of amides is 1. The topological polar surface area (TPSA) is 78.3 Å². The van der Waals surface area contributed by atoms with Gasteiger partial charge in [0.25, 0.3) is 0 Å². The average Bonchev–Trinajstić information content (AvgIpc) is 2.59. The quantitative estimate of drug-likeness (QED) is 0.364. The van der Waals surface area contributed by atoms with Crippen LogP contribution in [-0.2, 0) is 4.79 Å². The number of rotatable bonds is 5. The van der Waals surface area contributed by atoms with E-state index in [1.54, 1.807) is 4.90 Å². The van der Waals surface area contributed by atoms with Gasteiger partial charge in [-0.15, -0.1) is 0 Å². The largest absolute Gasteiger partial charge is 0.494 e. The van der Waals surface area contributed by atoms with Gasteiger partial charge in [-0.05, 0) is 42.3 Å². The third-order valence-electron chi connectivity index (χ3n) is 3.81. The van der Waals surface area contributed by atoms with Gasteiger partial charge in [-0.2, -0.15) is 0 Å². The van der Waals surface area contributed by atoms with Gasteiger partial charge in [0.05, 0.1) is 12.6 Å². The molecule has 0 aliphatic carbocycles. The second-order valence-corrected chi connectivity index (χ2v) is 5.14. The van der Waals surface area contributed by atoms with Crippen molar-refractivity contribution < 1.29 is 9.53 Å². The smallest absolute Gasteiger partial charge is 0.239 e. The maximum absolute atomic E-state index is 12.4. The first-order chi connectivity index (χ1) is 11.3. The van der Waals surface area contributed by atoms with Gasteiger partial charge in [-0.25, -0.2) is 0 Å². The minimum Gasteiger partial charge on any atom is -0.494 e. The Morgan fingerprint density at radius 3 is 2.48 bits per heavy atom. The molecule has 1 heterocycles. The van der Waals surface area contributed by atoms with Gasteiger partial charge >= 0.3 is 0 Å². The third kappa shape index (κ3) is 2.72. The van der Waals surface area contributed by atoms with Gasteiger partial charge in [0.2, 0.25) is 5.91 Å². The number of ether oxygens (including phenoxy) is 1. The molecule has 1 amide bonds. The first-order valence-corrected chi connectivity index (χ1v) is 7.41. The van der Waals surface area contributed by atoms with Crippen LogP contribution in [0.1, 0.15) is 18.5 Å². The lowest BCUT2D eigenvalue weighted by Gasteiger charge is -2.45. The van der Waals surface area contributed by atoms with E-state index in [1.165, 1.54) is 0 Å². The van der Waals surface area contributed by atoms with E-state index in [9.17, 15) is 4.79 Å². The molecule has 3 rings (SSSR count). The Morgan fingerprint density at radius 2 is 1.87 bits per heavy atom. The highest BCUT2D eigenvalue weighted by Crippen LogP contribution is 2.41. The average molecular weight is 308 g/mol. The standard InChI is InChI=1S/C17H16N4O2/c1-2-23-14-10-8-13(9-11-14)21-16(12-6-4-3-5-7-12)15(17(21)22)19-20-18/h3-11,15-16H,2H2,1H3. The first-order valence-electron chi connectivity index (χ1n) is 7.41. The zero-order chi connectivity index (χ0) is 16.2. The molecule has 1 aliphatic rings. The summed E-state index contributed by atoms with van der Waals surface area (Å²) in [5.41, 5.74) is 10.4. The molecule has 2 aromatic carbocycles. The maximum atomic E-state index is 12.4. The molecule has 0 N–H and O–H groups in total. The van der Waals surface area contributed by atoms with Crippen LogP contribution < -0.4 is 9.64 Å². The summed E-state index contributed by atoms with van der Waals surface area (Å²) in [6.45, 7) is 2.51. The SMILES string of the molecule is CCOc1ccc(N2C(=O)C(N=[N+]=[N-])C2c2ccccc2)cc1. The van der Waals surface area contributed by atoms with Crippen LogP contribution in [0.4, 0.5) is 5.69 Å². The minimum atomic E-state index is -0.700. The number of hydrogen-bond acceptors (Lipinski definition) is 3. The van der Waals surface area contributed by atoms with E-state index in [4.69, 9.17) is 10.3 Å². The number of carbonyl (C=O) groups is 1. The Kier molecular flexibility index (Phi) is 4.17. The van der Waals surface area contributed by atoms with Gasteiger partial charge in [0, 0.05) is 10.6 Å². The predicted octanol–water partition coefficient (Wildman–Crippen LogP) is 3.85. The summed E-state index contributed by atoms with van der Waals surface area (Å²) in [4.78, 5) is 16.8. The van der Waals surface area contributed by atoms with Crippen molar-refractivity contribution in [2.75, 3.05) is 11.5 Å². The Bertz CT molecular complexity index is 739. The highest BCUT2D eigenvalue weighted by molar-refractivity contribution is 6.06. The number of azide groups is 1. The number of benzene rings is 2. The molecular weight excluding hydrogens is 292 g/mol. The minimum absolute atomic E-state index is 0.194. The van der Waals surface area contributed by atoms with E-state index >= 15 is 0 Å². The fourth-order valence-electron chi connectivity index (χ4n) is 2.78. The molecule has 0 spiro atoms. The summed E-state index contributed by atoms with van der Waals surface area (Å²) >= 11 is 0. The molecule has 0 saturated carbocycles. The molecule has 23 heavy (non-hydrogen) atoms. The summed E-state index contributed by atoms with van der Waals surface area (Å²) in [7, 11) is 0. The Labute approximate surface area is 133 Å². The third-order valence-corrected chi connectivity index (χ3v) is 3.81. The van der Waals surface area contributed by atoms with E-state index < -0.39 is 6.04 Å². The van der Waals surface area contributed by atoms with Crippen molar-refractivity contribution in [1.82, 2.24) is 0 Å². The molecule has 2 atom stereocenters. The van der Waals surface area contributed by atoms with Crippen LogP contribution in [0.25, 0.3) is 10.4 Å². The fourth-order valence-corrected chi connectivity index (χ4v) is 2.78. The van der Waals surface area contributed by atoms with Gasteiger partial charge < -0.3 is 9.64 Å². The summed E-state index contributed by atoms with van der Waals surface area (Å²) < 4.78 is 5.42.